The lowest BCUT2D eigenvalue weighted by Gasteiger charge is -2.01. The second-order valence-electron chi connectivity index (χ2n) is 4.79. The Morgan fingerprint density at radius 1 is 1.44 bits per heavy atom. The number of hydrogen-bond donors (Lipinski definition) is 1. The van der Waals surface area contributed by atoms with Crippen molar-refractivity contribution < 1.29 is 8.63 Å². The van der Waals surface area contributed by atoms with E-state index in [0.717, 1.165) is 12.8 Å². The molecule has 0 fully saturated rings. The van der Waals surface area contributed by atoms with Crippen molar-refractivity contribution in [3.05, 3.63) is 18.2 Å². The summed E-state index contributed by atoms with van der Waals surface area (Å²) in [6, 6.07) is 5.24. The number of anilines is 1. The van der Waals surface area contributed by atoms with Crippen LogP contribution in [-0.2, 0) is 10.8 Å². The van der Waals surface area contributed by atoms with Crippen LogP contribution in [0.5, 0.6) is 0 Å². The maximum Gasteiger partial charge on any atom is 0.287 e. The van der Waals surface area contributed by atoms with Gasteiger partial charge in [0, 0.05) is 11.4 Å². The maximum absolute atomic E-state index is 12.0. The lowest BCUT2D eigenvalue weighted by Crippen LogP contribution is -2.00. The van der Waals surface area contributed by atoms with Crippen LogP contribution >= 0.6 is 0 Å². The van der Waals surface area contributed by atoms with Gasteiger partial charge in [0.2, 0.25) is 0 Å². The van der Waals surface area contributed by atoms with Gasteiger partial charge in [0.1, 0.15) is 16.3 Å². The van der Waals surface area contributed by atoms with E-state index in [9.17, 15) is 4.21 Å². The molecule has 4 nitrogen and oxygen atoms in total. The fraction of sp³-hybridized carbons (Fsp3) is 0.462. The zero-order chi connectivity index (χ0) is 13.1. The van der Waals surface area contributed by atoms with Crippen LogP contribution in [-0.4, -0.2) is 14.9 Å². The summed E-state index contributed by atoms with van der Waals surface area (Å²) in [4.78, 5) is 4.22. The van der Waals surface area contributed by atoms with Crippen LogP contribution in [0.2, 0.25) is 0 Å². The van der Waals surface area contributed by atoms with Gasteiger partial charge in [-0.15, -0.1) is 0 Å². The van der Waals surface area contributed by atoms with E-state index < -0.39 is 10.8 Å². The van der Waals surface area contributed by atoms with Gasteiger partial charge < -0.3 is 10.2 Å². The van der Waals surface area contributed by atoms with E-state index in [-0.39, 0.29) is 0 Å². The van der Waals surface area contributed by atoms with Crippen LogP contribution < -0.4 is 5.73 Å². The minimum Gasteiger partial charge on any atom is -0.430 e. The minimum atomic E-state index is -1.16. The van der Waals surface area contributed by atoms with Gasteiger partial charge >= 0.3 is 0 Å². The van der Waals surface area contributed by atoms with Crippen molar-refractivity contribution in [2.45, 2.75) is 31.9 Å². The summed E-state index contributed by atoms with van der Waals surface area (Å²) in [6.45, 7) is 4.32. The highest BCUT2D eigenvalue weighted by Crippen LogP contribution is 2.20. The van der Waals surface area contributed by atoms with Gasteiger partial charge in [-0.2, -0.15) is 0 Å². The number of rotatable bonds is 5. The lowest BCUT2D eigenvalue weighted by molar-refractivity contribution is 0.476. The highest BCUT2D eigenvalue weighted by atomic mass is 32.2. The molecule has 0 bridgehead atoms. The van der Waals surface area contributed by atoms with Gasteiger partial charge in [0.15, 0.2) is 5.58 Å². The van der Waals surface area contributed by atoms with E-state index in [1.807, 2.05) is 0 Å². The van der Waals surface area contributed by atoms with E-state index in [4.69, 9.17) is 10.2 Å². The van der Waals surface area contributed by atoms with Gasteiger partial charge in [0.25, 0.3) is 5.22 Å². The van der Waals surface area contributed by atoms with Crippen molar-refractivity contribution in [2.75, 3.05) is 11.5 Å². The molecule has 18 heavy (non-hydrogen) atoms. The Balaban J connectivity index is 2.08. The third-order valence-corrected chi connectivity index (χ3v) is 3.92. The van der Waals surface area contributed by atoms with Crippen LogP contribution in [0.25, 0.3) is 11.1 Å². The molecule has 5 heteroatoms. The first kappa shape index (κ1) is 13.1. The summed E-state index contributed by atoms with van der Waals surface area (Å²) in [7, 11) is -1.16. The summed E-state index contributed by atoms with van der Waals surface area (Å²) in [5.74, 6) is 1.23. The van der Waals surface area contributed by atoms with Gasteiger partial charge in [-0.05, 0) is 30.5 Å². The molecule has 0 spiro atoms. The molecule has 0 aliphatic heterocycles. The molecule has 1 aromatic carbocycles. The van der Waals surface area contributed by atoms with Crippen molar-refractivity contribution in [1.29, 1.82) is 0 Å². The molecular weight excluding hydrogens is 248 g/mol. The molecule has 0 aliphatic rings. The minimum absolute atomic E-state index is 0.305. The van der Waals surface area contributed by atoms with E-state index >= 15 is 0 Å². The predicted octanol–water partition coefficient (Wildman–Crippen LogP) is 2.95. The van der Waals surface area contributed by atoms with E-state index in [0.29, 0.717) is 33.7 Å². The second-order valence-corrected chi connectivity index (χ2v) is 6.24. The van der Waals surface area contributed by atoms with E-state index in [1.54, 1.807) is 18.2 Å². The van der Waals surface area contributed by atoms with Gasteiger partial charge in [-0.25, -0.2) is 9.19 Å². The molecule has 0 amide bonds. The normalized spacial score (nSPS) is 13.3. The zero-order valence-electron chi connectivity index (χ0n) is 10.7. The molecule has 2 N–H and O–H groups in total. The Kier molecular flexibility index (Phi) is 4.01. The first-order valence-corrected chi connectivity index (χ1v) is 7.42. The van der Waals surface area contributed by atoms with E-state index in [2.05, 4.69) is 18.8 Å². The molecule has 1 unspecified atom stereocenters. The largest absolute Gasteiger partial charge is 0.430 e. The quantitative estimate of drug-likeness (QED) is 0.845. The van der Waals surface area contributed by atoms with Crippen molar-refractivity contribution in [3.63, 3.8) is 0 Å². The standard InChI is InChI=1S/C13H18N2O2S/c1-9(2)4-3-7-18(16)13-15-11-8-10(14)5-6-12(11)17-13/h5-6,8-9H,3-4,7,14H2,1-2H3. The van der Waals surface area contributed by atoms with Crippen molar-refractivity contribution in [2.24, 2.45) is 5.92 Å². The van der Waals surface area contributed by atoms with E-state index in [1.165, 1.54) is 0 Å². The number of benzene rings is 1. The first-order chi connectivity index (χ1) is 8.56. The Morgan fingerprint density at radius 3 is 2.94 bits per heavy atom. The number of nitrogens with zero attached hydrogens (tertiary/aromatic N) is 1. The summed E-state index contributed by atoms with van der Waals surface area (Å²) in [5, 5.41) is 0.305. The lowest BCUT2D eigenvalue weighted by atomic mass is 10.1. The molecule has 98 valence electrons. The predicted molar refractivity (Wildman–Crippen MR) is 73.8 cm³/mol. The summed E-state index contributed by atoms with van der Waals surface area (Å²) in [6.07, 6.45) is 1.99. The number of fused-ring (bicyclic) bond motifs is 1. The maximum atomic E-state index is 12.0. The average Bonchev–Trinajstić information content (AvgIpc) is 2.71. The van der Waals surface area contributed by atoms with Gasteiger partial charge in [0.05, 0.1) is 0 Å². The van der Waals surface area contributed by atoms with Crippen LogP contribution in [0.3, 0.4) is 0 Å². The average molecular weight is 266 g/mol. The molecule has 0 radical (unpaired) electrons. The van der Waals surface area contributed by atoms with Crippen LogP contribution in [0, 0.1) is 5.92 Å². The van der Waals surface area contributed by atoms with Gasteiger partial charge in [-0.1, -0.05) is 20.3 Å². The topological polar surface area (TPSA) is 69.1 Å². The Labute approximate surface area is 109 Å². The molecule has 0 aliphatic carbocycles. The van der Waals surface area contributed by atoms with Crippen LogP contribution in [0.15, 0.2) is 27.8 Å². The zero-order valence-corrected chi connectivity index (χ0v) is 11.5. The Bertz CT molecular complexity index is 563. The Hall–Kier alpha value is -1.36. The van der Waals surface area contributed by atoms with Gasteiger partial charge in [-0.3, -0.25) is 0 Å². The summed E-state index contributed by atoms with van der Waals surface area (Å²) < 4.78 is 17.5. The molecule has 2 rings (SSSR count). The highest BCUT2D eigenvalue weighted by molar-refractivity contribution is 7.84. The number of oxazole rings is 1. The van der Waals surface area contributed by atoms with Crippen LogP contribution in [0.1, 0.15) is 26.7 Å². The molecule has 0 saturated heterocycles. The molecule has 2 aromatic rings. The monoisotopic (exact) mass is 266 g/mol. The number of aromatic nitrogens is 1. The molecular formula is C13H18N2O2S. The fourth-order valence-corrected chi connectivity index (χ4v) is 2.72. The number of nitrogens with two attached hydrogens (primary N) is 1. The molecule has 0 saturated carbocycles. The van der Waals surface area contributed by atoms with Crippen molar-refractivity contribution in [3.8, 4) is 0 Å². The highest BCUT2D eigenvalue weighted by Gasteiger charge is 2.12. The van der Waals surface area contributed by atoms with Crippen LogP contribution in [0.4, 0.5) is 5.69 Å². The second kappa shape index (κ2) is 5.52. The first-order valence-electron chi connectivity index (χ1n) is 6.10. The third kappa shape index (κ3) is 3.10. The third-order valence-electron chi connectivity index (χ3n) is 2.70. The summed E-state index contributed by atoms with van der Waals surface area (Å²) >= 11 is 0. The van der Waals surface area contributed by atoms with Crippen molar-refractivity contribution in [1.82, 2.24) is 4.98 Å². The fourth-order valence-electron chi connectivity index (χ4n) is 1.73. The number of hydrogen-bond acceptors (Lipinski definition) is 4. The SMILES string of the molecule is CC(C)CCCS(=O)c1nc2cc(N)ccc2o1. The Morgan fingerprint density at radius 2 is 2.22 bits per heavy atom. The number of nitrogen functional groups attached to an aromatic ring is 1. The smallest absolute Gasteiger partial charge is 0.287 e. The summed E-state index contributed by atoms with van der Waals surface area (Å²) in [5.41, 5.74) is 7.60. The van der Waals surface area contributed by atoms with Crippen molar-refractivity contribution >= 4 is 27.6 Å². The molecule has 1 heterocycles. The molecule has 1 atom stereocenters. The molecule has 1 aromatic heterocycles.